The molecule has 10 heteroatoms. The van der Waals surface area contributed by atoms with Gasteiger partial charge in [0.1, 0.15) is 0 Å². The number of ether oxygens (including phenoxy) is 1. The number of benzene rings is 2. The zero-order chi connectivity index (χ0) is 29.3. The van der Waals surface area contributed by atoms with E-state index in [1.54, 1.807) is 35.3 Å². The lowest BCUT2D eigenvalue weighted by atomic mass is 9.88. The number of hydrogen-bond donors (Lipinski definition) is 3. The maximum Gasteiger partial charge on any atom is 0.259 e. The topological polar surface area (TPSA) is 139 Å². The van der Waals surface area contributed by atoms with Crippen LogP contribution in [0.1, 0.15) is 24.8 Å². The van der Waals surface area contributed by atoms with Crippen LogP contribution in [-0.4, -0.2) is 74.2 Å². The average Bonchev–Trinajstić information content (AvgIpc) is 3.00. The minimum absolute atomic E-state index is 0.0865. The zero-order valence-electron chi connectivity index (χ0n) is 22.9. The highest BCUT2D eigenvalue weighted by Crippen LogP contribution is 2.26. The van der Waals surface area contributed by atoms with Crippen molar-refractivity contribution >= 4 is 21.7 Å². The second-order valence-corrected chi connectivity index (χ2v) is 12.1. The lowest BCUT2D eigenvalue weighted by Gasteiger charge is -2.34. The van der Waals surface area contributed by atoms with Crippen LogP contribution in [0.3, 0.4) is 0 Å². The summed E-state index contributed by atoms with van der Waals surface area (Å²) < 4.78 is 30.9. The van der Waals surface area contributed by atoms with Crippen LogP contribution in [0.25, 0.3) is 0 Å². The predicted octanol–water partition coefficient (Wildman–Crippen LogP) is 2.29. The highest BCUT2D eigenvalue weighted by Gasteiger charge is 2.38. The van der Waals surface area contributed by atoms with Crippen LogP contribution < -0.4 is 11.1 Å². The van der Waals surface area contributed by atoms with Gasteiger partial charge < -0.3 is 25.8 Å². The molecule has 218 valence electrons. The minimum Gasteiger partial charge on any atom is -0.378 e. The second-order valence-electron chi connectivity index (χ2n) is 10.3. The Hall–Kier alpha value is -3.57. The van der Waals surface area contributed by atoms with Gasteiger partial charge in [-0.1, -0.05) is 66.8 Å². The lowest BCUT2D eigenvalue weighted by molar-refractivity contribution is -0.150. The Kier molecular flexibility index (Phi) is 10.3. The summed E-state index contributed by atoms with van der Waals surface area (Å²) >= 11 is 0. The molecule has 0 spiro atoms. The predicted molar refractivity (Wildman–Crippen MR) is 156 cm³/mol. The van der Waals surface area contributed by atoms with Gasteiger partial charge in [-0.3, -0.25) is 9.59 Å². The van der Waals surface area contributed by atoms with E-state index in [0.717, 1.165) is 16.5 Å². The van der Waals surface area contributed by atoms with E-state index in [2.05, 4.69) is 5.32 Å². The number of hydrogen-bond acceptors (Lipinski definition) is 7. The highest BCUT2D eigenvalue weighted by molar-refractivity contribution is 7.94. The summed E-state index contributed by atoms with van der Waals surface area (Å²) in [5, 5.41) is 14.9. The van der Waals surface area contributed by atoms with E-state index in [1.807, 2.05) is 30.3 Å². The van der Waals surface area contributed by atoms with Crippen LogP contribution in [0.2, 0.25) is 0 Å². The first-order valence-electron chi connectivity index (χ1n) is 13.7. The fraction of sp³-hybridized carbons (Fsp3) is 0.355. The molecule has 41 heavy (non-hydrogen) atoms. The van der Waals surface area contributed by atoms with Crippen LogP contribution in [0.15, 0.2) is 101 Å². The van der Waals surface area contributed by atoms with E-state index in [4.69, 9.17) is 10.5 Å². The number of aliphatic hydroxyl groups is 1. The molecule has 1 aliphatic carbocycles. The average molecular weight is 580 g/mol. The molecule has 3 atom stereocenters. The molecular formula is C31H37N3O6S. The zero-order valence-corrected chi connectivity index (χ0v) is 23.7. The van der Waals surface area contributed by atoms with Crippen LogP contribution >= 0.6 is 0 Å². The van der Waals surface area contributed by atoms with Gasteiger partial charge in [0.2, 0.25) is 5.91 Å². The van der Waals surface area contributed by atoms with Gasteiger partial charge in [0, 0.05) is 31.0 Å². The Balaban J connectivity index is 1.38. The molecule has 1 aliphatic heterocycles. The summed E-state index contributed by atoms with van der Waals surface area (Å²) in [5.41, 5.74) is 6.40. The molecule has 1 heterocycles. The third-order valence-electron chi connectivity index (χ3n) is 7.19. The van der Waals surface area contributed by atoms with Gasteiger partial charge in [-0.2, -0.15) is 0 Å². The molecular weight excluding hydrogens is 542 g/mol. The highest BCUT2D eigenvalue weighted by atomic mass is 32.2. The first-order valence-corrected chi connectivity index (χ1v) is 15.3. The molecule has 4 rings (SSSR count). The fourth-order valence-electron chi connectivity index (χ4n) is 4.72. The Morgan fingerprint density at radius 1 is 1.07 bits per heavy atom. The summed E-state index contributed by atoms with van der Waals surface area (Å²) in [4.78, 5) is 27.7. The van der Waals surface area contributed by atoms with Crippen molar-refractivity contribution in [3.63, 3.8) is 0 Å². The van der Waals surface area contributed by atoms with Crippen LogP contribution in [0.4, 0.5) is 0 Å². The molecule has 2 aromatic carbocycles. The van der Waals surface area contributed by atoms with E-state index < -0.39 is 33.4 Å². The summed E-state index contributed by atoms with van der Waals surface area (Å²) in [6, 6.07) is 16.3. The van der Waals surface area contributed by atoms with Crippen molar-refractivity contribution in [3.05, 3.63) is 102 Å². The molecule has 0 aromatic heterocycles. The molecule has 1 saturated heterocycles. The van der Waals surface area contributed by atoms with E-state index >= 15 is 0 Å². The van der Waals surface area contributed by atoms with Crippen molar-refractivity contribution in [2.45, 2.75) is 48.3 Å². The Labute approximate surface area is 241 Å². The van der Waals surface area contributed by atoms with Gasteiger partial charge in [-0.15, -0.1) is 0 Å². The van der Waals surface area contributed by atoms with Gasteiger partial charge in [0.25, 0.3) is 5.91 Å². The van der Waals surface area contributed by atoms with Crippen molar-refractivity contribution in [2.24, 2.45) is 5.73 Å². The summed E-state index contributed by atoms with van der Waals surface area (Å²) in [5.74, 6) is -0.794. The number of sulfone groups is 1. The van der Waals surface area contributed by atoms with Crippen molar-refractivity contribution in [3.8, 4) is 0 Å². The number of amides is 2. The Bertz CT molecular complexity index is 1390. The third kappa shape index (κ3) is 8.46. The van der Waals surface area contributed by atoms with Crippen molar-refractivity contribution < 1.29 is 27.9 Å². The van der Waals surface area contributed by atoms with E-state index in [9.17, 15) is 23.1 Å². The monoisotopic (exact) mass is 579 g/mol. The number of rotatable bonds is 11. The van der Waals surface area contributed by atoms with Crippen molar-refractivity contribution in [1.29, 1.82) is 0 Å². The van der Waals surface area contributed by atoms with Gasteiger partial charge in [0.15, 0.2) is 15.4 Å². The largest absolute Gasteiger partial charge is 0.378 e. The standard InChI is InChI=1S/C31H37N3O6S/c32-28(23-25-13-16-31(37,17-14-25)30(36)34-18-20-40-21-19-34)29(35)33-26(12-11-24-7-3-1-4-8-24)15-22-41(38,39)27-9-5-2-6-10-27/h1-10,13-16,22,26,28,37H,11-12,17-21,23,32H2,(H,33,35)/b22-15+/t26-,28-,31?/m0/s1. The normalized spacial score (nSPS) is 20.8. The van der Waals surface area contributed by atoms with Crippen LogP contribution in [0, 0.1) is 0 Å². The number of morpholine rings is 1. The SMILES string of the molecule is N[C@@H](CC1=CCC(O)(C(=O)N2CCOCC2)C=C1)C(=O)N[C@H](/C=C/S(=O)(=O)c1ccccc1)CCc1ccccc1. The number of carbonyl (C=O) groups excluding carboxylic acids is 2. The Morgan fingerprint density at radius 2 is 1.73 bits per heavy atom. The molecule has 0 saturated carbocycles. The third-order valence-corrected chi connectivity index (χ3v) is 8.63. The summed E-state index contributed by atoms with van der Waals surface area (Å²) in [6.07, 6.45) is 7.70. The van der Waals surface area contributed by atoms with E-state index in [0.29, 0.717) is 39.1 Å². The van der Waals surface area contributed by atoms with Crippen LogP contribution in [-0.2, 0) is 30.6 Å². The molecule has 0 bridgehead atoms. The smallest absolute Gasteiger partial charge is 0.259 e. The molecule has 1 fully saturated rings. The summed E-state index contributed by atoms with van der Waals surface area (Å²) in [6.45, 7) is 1.75. The van der Waals surface area contributed by atoms with Crippen molar-refractivity contribution in [2.75, 3.05) is 26.3 Å². The fourth-order valence-corrected chi connectivity index (χ4v) is 5.81. The molecule has 2 aliphatic rings. The first kappa shape index (κ1) is 30.4. The number of nitrogens with two attached hydrogens (primary N) is 1. The lowest BCUT2D eigenvalue weighted by Crippen LogP contribution is -2.52. The number of nitrogens with one attached hydrogen (secondary N) is 1. The van der Waals surface area contributed by atoms with Gasteiger partial charge in [0.05, 0.1) is 24.2 Å². The van der Waals surface area contributed by atoms with Gasteiger partial charge in [-0.25, -0.2) is 8.42 Å². The van der Waals surface area contributed by atoms with Gasteiger partial charge in [-0.05, 0) is 48.6 Å². The maximum atomic E-state index is 13.1. The number of carbonyl (C=O) groups is 2. The van der Waals surface area contributed by atoms with Gasteiger partial charge >= 0.3 is 0 Å². The van der Waals surface area contributed by atoms with Crippen molar-refractivity contribution in [1.82, 2.24) is 10.2 Å². The number of nitrogens with zero attached hydrogens (tertiary/aromatic N) is 1. The van der Waals surface area contributed by atoms with E-state index in [-0.39, 0.29) is 23.6 Å². The first-order chi connectivity index (χ1) is 19.7. The number of allylic oxidation sites excluding steroid dienone is 1. The minimum atomic E-state index is -3.69. The molecule has 4 N–H and O–H groups in total. The maximum absolute atomic E-state index is 13.1. The number of aryl methyl sites for hydroxylation is 1. The second kappa shape index (κ2) is 13.9. The molecule has 2 aromatic rings. The van der Waals surface area contributed by atoms with Crippen LogP contribution in [0.5, 0.6) is 0 Å². The molecule has 9 nitrogen and oxygen atoms in total. The molecule has 0 radical (unpaired) electrons. The Morgan fingerprint density at radius 3 is 2.37 bits per heavy atom. The quantitative estimate of drug-likeness (QED) is 0.371. The van der Waals surface area contributed by atoms with E-state index in [1.165, 1.54) is 24.3 Å². The molecule has 2 amide bonds. The summed E-state index contributed by atoms with van der Waals surface area (Å²) in [7, 11) is -3.69. The molecule has 1 unspecified atom stereocenters.